The molecular formula is C12H18OS2. The molecule has 0 amide bonds. The van der Waals surface area contributed by atoms with Gasteiger partial charge in [-0.05, 0) is 30.7 Å². The quantitative estimate of drug-likeness (QED) is 0.701. The first-order valence-electron chi connectivity index (χ1n) is 5.30. The van der Waals surface area contributed by atoms with Gasteiger partial charge in [-0.15, -0.1) is 11.3 Å². The van der Waals surface area contributed by atoms with Crippen LogP contribution in [0.3, 0.4) is 0 Å². The zero-order valence-corrected chi connectivity index (χ0v) is 11.2. The van der Waals surface area contributed by atoms with Crippen LogP contribution in [-0.4, -0.2) is 17.3 Å². The summed E-state index contributed by atoms with van der Waals surface area (Å²) in [6.07, 6.45) is 1.19. The summed E-state index contributed by atoms with van der Waals surface area (Å²) in [6.45, 7) is 6.45. The molecule has 0 spiro atoms. The molecule has 1 atom stereocenters. The second-order valence-corrected chi connectivity index (χ2v) is 6.18. The fraction of sp³-hybridized carbons (Fsp3) is 0.583. The van der Waals surface area contributed by atoms with Crippen LogP contribution in [0.4, 0.5) is 0 Å². The van der Waals surface area contributed by atoms with E-state index in [0.29, 0.717) is 11.7 Å². The van der Waals surface area contributed by atoms with Gasteiger partial charge in [0.2, 0.25) is 0 Å². The zero-order valence-electron chi connectivity index (χ0n) is 9.58. The van der Waals surface area contributed by atoms with Gasteiger partial charge in [-0.3, -0.25) is 4.79 Å². The van der Waals surface area contributed by atoms with Crippen molar-refractivity contribution in [2.24, 2.45) is 5.92 Å². The molecule has 0 saturated carbocycles. The van der Waals surface area contributed by atoms with Gasteiger partial charge in [0.15, 0.2) is 5.78 Å². The van der Waals surface area contributed by atoms with E-state index < -0.39 is 0 Å². The van der Waals surface area contributed by atoms with Gasteiger partial charge in [-0.2, -0.15) is 11.8 Å². The van der Waals surface area contributed by atoms with Crippen LogP contribution in [0.25, 0.3) is 0 Å². The van der Waals surface area contributed by atoms with E-state index in [1.54, 1.807) is 23.1 Å². The Hall–Kier alpha value is -0.280. The molecule has 0 fully saturated rings. The number of thioether (sulfide) groups is 1. The van der Waals surface area contributed by atoms with Crippen molar-refractivity contribution in [1.82, 2.24) is 0 Å². The first kappa shape index (κ1) is 12.8. The van der Waals surface area contributed by atoms with Crippen LogP contribution in [-0.2, 0) is 0 Å². The normalized spacial score (nSPS) is 12.7. The van der Waals surface area contributed by atoms with Crippen molar-refractivity contribution in [3.8, 4) is 0 Å². The molecule has 0 saturated heterocycles. The van der Waals surface area contributed by atoms with Crippen molar-refractivity contribution in [2.45, 2.75) is 27.2 Å². The molecule has 0 aliphatic rings. The summed E-state index contributed by atoms with van der Waals surface area (Å²) in [5, 5.41) is 0. The van der Waals surface area contributed by atoms with Crippen LogP contribution >= 0.6 is 23.1 Å². The standard InChI is InChI=1S/C12H18OS2/c1-4-9(2)7-14-8-11(13)12-6-5-10(3)15-12/h5-6,9H,4,7-8H2,1-3H3. The van der Waals surface area contributed by atoms with Gasteiger partial charge in [-0.1, -0.05) is 20.3 Å². The molecule has 1 heterocycles. The number of thiophene rings is 1. The average molecular weight is 242 g/mol. The molecule has 0 aromatic carbocycles. The highest BCUT2D eigenvalue weighted by Gasteiger charge is 2.08. The number of rotatable bonds is 6. The number of hydrogen-bond donors (Lipinski definition) is 0. The van der Waals surface area contributed by atoms with Crippen LogP contribution in [0.1, 0.15) is 34.8 Å². The van der Waals surface area contributed by atoms with E-state index in [1.165, 1.54) is 11.3 Å². The molecule has 1 rings (SSSR count). The van der Waals surface area contributed by atoms with E-state index in [0.717, 1.165) is 10.6 Å². The van der Waals surface area contributed by atoms with E-state index in [2.05, 4.69) is 13.8 Å². The third-order valence-electron chi connectivity index (χ3n) is 2.35. The van der Waals surface area contributed by atoms with Gasteiger partial charge in [-0.25, -0.2) is 0 Å². The maximum Gasteiger partial charge on any atom is 0.182 e. The third-order valence-corrected chi connectivity index (χ3v) is 4.66. The summed E-state index contributed by atoms with van der Waals surface area (Å²) in [6, 6.07) is 3.95. The van der Waals surface area contributed by atoms with Crippen LogP contribution in [0, 0.1) is 12.8 Å². The summed E-state index contributed by atoms with van der Waals surface area (Å²) in [7, 11) is 0. The Kier molecular flexibility index (Phi) is 5.40. The molecule has 84 valence electrons. The first-order chi connectivity index (χ1) is 7.13. The third kappa shape index (κ3) is 4.39. The first-order valence-corrected chi connectivity index (χ1v) is 7.28. The smallest absolute Gasteiger partial charge is 0.182 e. The van der Waals surface area contributed by atoms with Crippen LogP contribution in [0.5, 0.6) is 0 Å². The van der Waals surface area contributed by atoms with Crippen molar-refractivity contribution in [3.63, 3.8) is 0 Å². The highest BCUT2D eigenvalue weighted by atomic mass is 32.2. The molecule has 0 aliphatic carbocycles. The summed E-state index contributed by atoms with van der Waals surface area (Å²) in [5.41, 5.74) is 0. The summed E-state index contributed by atoms with van der Waals surface area (Å²) >= 11 is 3.35. The zero-order chi connectivity index (χ0) is 11.3. The van der Waals surface area contributed by atoms with E-state index in [-0.39, 0.29) is 5.78 Å². The Morgan fingerprint density at radius 3 is 2.80 bits per heavy atom. The van der Waals surface area contributed by atoms with Gasteiger partial charge in [0, 0.05) is 4.88 Å². The van der Waals surface area contributed by atoms with Crippen LogP contribution in [0.2, 0.25) is 0 Å². The molecular weight excluding hydrogens is 224 g/mol. The average Bonchev–Trinajstić information content (AvgIpc) is 2.64. The number of carbonyl (C=O) groups is 1. The Balaban J connectivity index is 2.31. The van der Waals surface area contributed by atoms with Gasteiger partial charge >= 0.3 is 0 Å². The SMILES string of the molecule is CCC(C)CSCC(=O)c1ccc(C)s1. The Morgan fingerprint density at radius 2 is 2.27 bits per heavy atom. The predicted octanol–water partition coefficient (Wildman–Crippen LogP) is 4.02. The lowest BCUT2D eigenvalue weighted by Crippen LogP contribution is -2.03. The molecule has 15 heavy (non-hydrogen) atoms. The Bertz CT molecular complexity index is 317. The van der Waals surface area contributed by atoms with Crippen molar-refractivity contribution in [3.05, 3.63) is 21.9 Å². The minimum absolute atomic E-state index is 0.279. The lowest BCUT2D eigenvalue weighted by Gasteiger charge is -2.06. The van der Waals surface area contributed by atoms with E-state index in [4.69, 9.17) is 0 Å². The van der Waals surface area contributed by atoms with Crippen molar-refractivity contribution < 1.29 is 4.79 Å². The fourth-order valence-corrected chi connectivity index (χ4v) is 3.12. The maximum absolute atomic E-state index is 11.7. The summed E-state index contributed by atoms with van der Waals surface area (Å²) in [5.74, 6) is 2.71. The van der Waals surface area contributed by atoms with Crippen molar-refractivity contribution in [1.29, 1.82) is 0 Å². The highest BCUT2D eigenvalue weighted by Crippen LogP contribution is 2.18. The number of ketones is 1. The largest absolute Gasteiger partial charge is 0.292 e. The van der Waals surface area contributed by atoms with Gasteiger partial charge in [0.1, 0.15) is 0 Å². The molecule has 1 aromatic heterocycles. The number of aryl methyl sites for hydroxylation is 1. The molecule has 0 aliphatic heterocycles. The molecule has 1 nitrogen and oxygen atoms in total. The molecule has 1 aromatic rings. The predicted molar refractivity (Wildman–Crippen MR) is 70.2 cm³/mol. The number of Topliss-reactive ketones (excluding diaryl/α,β-unsaturated/α-hetero) is 1. The molecule has 0 bridgehead atoms. The summed E-state index contributed by atoms with van der Waals surface area (Å²) < 4.78 is 0. The maximum atomic E-state index is 11.7. The number of hydrogen-bond acceptors (Lipinski definition) is 3. The summed E-state index contributed by atoms with van der Waals surface area (Å²) in [4.78, 5) is 13.8. The van der Waals surface area contributed by atoms with E-state index >= 15 is 0 Å². The van der Waals surface area contributed by atoms with Crippen LogP contribution < -0.4 is 0 Å². The fourth-order valence-electron chi connectivity index (χ4n) is 1.13. The van der Waals surface area contributed by atoms with Gasteiger partial charge in [0.05, 0.1) is 10.6 Å². The van der Waals surface area contributed by atoms with Crippen molar-refractivity contribution >= 4 is 28.9 Å². The second kappa shape index (κ2) is 6.33. The van der Waals surface area contributed by atoms with Crippen LogP contribution in [0.15, 0.2) is 12.1 Å². The highest BCUT2D eigenvalue weighted by molar-refractivity contribution is 8.00. The minimum Gasteiger partial charge on any atom is -0.292 e. The number of carbonyl (C=O) groups excluding carboxylic acids is 1. The van der Waals surface area contributed by atoms with Crippen molar-refractivity contribution in [2.75, 3.05) is 11.5 Å². The Morgan fingerprint density at radius 1 is 1.53 bits per heavy atom. The monoisotopic (exact) mass is 242 g/mol. The lowest BCUT2D eigenvalue weighted by molar-refractivity contribution is 0.102. The molecule has 0 N–H and O–H groups in total. The second-order valence-electron chi connectivity index (χ2n) is 3.86. The lowest BCUT2D eigenvalue weighted by atomic mass is 10.2. The van der Waals surface area contributed by atoms with E-state index in [1.807, 2.05) is 19.1 Å². The van der Waals surface area contributed by atoms with Gasteiger partial charge < -0.3 is 0 Å². The minimum atomic E-state index is 0.279. The van der Waals surface area contributed by atoms with Gasteiger partial charge in [0.25, 0.3) is 0 Å². The Labute approximate surface area is 100 Å². The molecule has 0 radical (unpaired) electrons. The molecule has 1 unspecified atom stereocenters. The van der Waals surface area contributed by atoms with E-state index in [9.17, 15) is 4.79 Å². The topological polar surface area (TPSA) is 17.1 Å². The molecule has 3 heteroatoms.